The molecule has 4 bridgehead atoms. The minimum atomic E-state index is -0.140. The Morgan fingerprint density at radius 2 is 1.83 bits per heavy atom. The number of likely N-dealkylation sites (tertiary alicyclic amines) is 1. The normalized spacial score (nSPS) is 34.5. The predicted octanol–water partition coefficient (Wildman–Crippen LogP) is 4.54. The summed E-state index contributed by atoms with van der Waals surface area (Å²) in [6, 6.07) is 3.55. The third-order valence-corrected chi connectivity index (χ3v) is 8.72. The van der Waals surface area contributed by atoms with E-state index >= 15 is 0 Å². The van der Waals surface area contributed by atoms with E-state index in [4.69, 9.17) is 9.72 Å². The fourth-order valence-electron chi connectivity index (χ4n) is 6.65. The molecule has 0 aromatic carbocycles. The van der Waals surface area contributed by atoms with Crippen LogP contribution < -0.4 is 4.73 Å². The Labute approximate surface area is 180 Å². The zero-order chi connectivity index (χ0) is 20.2. The molecule has 5 aliphatic rings. The molecule has 5 fully saturated rings. The molecular formula is C23H27N3O3S. The molecule has 4 aliphatic carbocycles. The van der Waals surface area contributed by atoms with Crippen LogP contribution >= 0.6 is 11.3 Å². The molecule has 0 spiro atoms. The van der Waals surface area contributed by atoms with E-state index in [-0.39, 0.29) is 18.2 Å². The first-order valence-electron chi connectivity index (χ1n) is 11.3. The Morgan fingerprint density at radius 3 is 2.53 bits per heavy atom. The second kappa shape index (κ2) is 7.22. The maximum absolute atomic E-state index is 13.2. The molecule has 1 amide bonds. The zero-order valence-corrected chi connectivity index (χ0v) is 17.8. The van der Waals surface area contributed by atoms with Crippen molar-refractivity contribution >= 4 is 17.4 Å². The van der Waals surface area contributed by atoms with Crippen molar-refractivity contribution in [1.29, 1.82) is 0 Å². The molecule has 2 aromatic rings. The lowest BCUT2D eigenvalue weighted by Gasteiger charge is -2.53. The van der Waals surface area contributed by atoms with Gasteiger partial charge in [0.25, 0.3) is 0 Å². The van der Waals surface area contributed by atoms with Crippen LogP contribution in [0.25, 0.3) is 11.3 Å². The Morgan fingerprint density at radius 1 is 1.13 bits per heavy atom. The van der Waals surface area contributed by atoms with Gasteiger partial charge in [-0.05, 0) is 68.6 Å². The number of thiazole rings is 1. The number of hydrogen-bond acceptors (Lipinski definition) is 5. The minimum absolute atomic E-state index is 0.00115. The largest absolute Gasteiger partial charge is 0.619 e. The summed E-state index contributed by atoms with van der Waals surface area (Å²) < 4.78 is 6.97. The highest BCUT2D eigenvalue weighted by Gasteiger charge is 2.50. The van der Waals surface area contributed by atoms with Crippen molar-refractivity contribution in [2.45, 2.75) is 57.1 Å². The number of rotatable bonds is 3. The molecule has 3 heterocycles. The van der Waals surface area contributed by atoms with E-state index in [1.807, 2.05) is 10.3 Å². The van der Waals surface area contributed by atoms with Gasteiger partial charge >= 0.3 is 6.09 Å². The molecule has 6 nitrogen and oxygen atoms in total. The van der Waals surface area contributed by atoms with Crippen molar-refractivity contribution in [2.24, 2.45) is 23.7 Å². The summed E-state index contributed by atoms with van der Waals surface area (Å²) in [5, 5.41) is 14.3. The topological polar surface area (TPSA) is 69.4 Å². The van der Waals surface area contributed by atoms with Crippen LogP contribution in [-0.4, -0.2) is 28.6 Å². The molecule has 158 valence electrons. The van der Waals surface area contributed by atoms with E-state index in [1.54, 1.807) is 23.5 Å². The Bertz CT molecular complexity index is 915. The Kier molecular flexibility index (Phi) is 4.48. The molecule has 0 N–H and O–H groups in total. The van der Waals surface area contributed by atoms with Crippen molar-refractivity contribution < 1.29 is 14.3 Å². The third kappa shape index (κ3) is 3.18. The molecular weight excluding hydrogens is 398 g/mol. The number of aromatic nitrogens is 2. The van der Waals surface area contributed by atoms with Crippen LogP contribution in [0.15, 0.2) is 29.9 Å². The van der Waals surface area contributed by atoms with Gasteiger partial charge in [0.1, 0.15) is 11.1 Å². The first-order valence-corrected chi connectivity index (χ1v) is 12.1. The molecule has 1 saturated heterocycles. The van der Waals surface area contributed by atoms with Gasteiger partial charge in [-0.15, -0.1) is 11.3 Å². The summed E-state index contributed by atoms with van der Waals surface area (Å²) in [7, 11) is 0. The Hall–Kier alpha value is -2.15. The van der Waals surface area contributed by atoms with Gasteiger partial charge in [-0.1, -0.05) is 0 Å². The summed E-state index contributed by atoms with van der Waals surface area (Å²) in [4.78, 5) is 19.9. The first-order chi connectivity index (χ1) is 14.6. The van der Waals surface area contributed by atoms with Crippen LogP contribution in [0.3, 0.4) is 0 Å². The van der Waals surface area contributed by atoms with Crippen molar-refractivity contribution in [3.63, 3.8) is 0 Å². The fourth-order valence-corrected chi connectivity index (χ4v) is 7.62. The predicted molar refractivity (Wildman–Crippen MR) is 113 cm³/mol. The molecule has 0 radical (unpaired) electrons. The quantitative estimate of drug-likeness (QED) is 0.535. The van der Waals surface area contributed by atoms with Crippen molar-refractivity contribution in [3.8, 4) is 11.3 Å². The van der Waals surface area contributed by atoms with Crippen LogP contribution in [-0.2, 0) is 4.74 Å². The van der Waals surface area contributed by atoms with E-state index in [0.29, 0.717) is 11.8 Å². The van der Waals surface area contributed by atoms with Gasteiger partial charge < -0.3 is 9.94 Å². The first kappa shape index (κ1) is 18.6. The number of amides is 1. The SMILES string of the molecule is O=C(OC1C2CC3CC(C2)CC1C3)N1CCCC1c1nc(-c2cc[n+]([O-])cc2)cs1. The van der Waals surface area contributed by atoms with E-state index in [9.17, 15) is 10.0 Å². The number of carbonyl (C=O) groups is 1. The third-order valence-electron chi connectivity index (χ3n) is 7.77. The van der Waals surface area contributed by atoms with Crippen LogP contribution in [0, 0.1) is 28.9 Å². The van der Waals surface area contributed by atoms with Gasteiger partial charge in [-0.2, -0.15) is 4.73 Å². The van der Waals surface area contributed by atoms with Crippen LogP contribution in [0.1, 0.15) is 56.0 Å². The second-order valence-electron chi connectivity index (χ2n) is 9.65. The molecule has 7 heteroatoms. The van der Waals surface area contributed by atoms with Crippen molar-refractivity contribution in [3.05, 3.63) is 40.1 Å². The summed E-state index contributed by atoms with van der Waals surface area (Å²) in [5.74, 6) is 2.92. The van der Waals surface area contributed by atoms with Gasteiger partial charge in [0, 0.05) is 29.6 Å². The molecule has 30 heavy (non-hydrogen) atoms. The second-order valence-corrected chi connectivity index (χ2v) is 10.5. The van der Waals surface area contributed by atoms with E-state index in [0.717, 1.165) is 52.2 Å². The molecule has 1 atom stereocenters. The standard InChI is InChI=1S/C23H27N3O3S/c27-23(29-21-17-9-14-8-15(11-17)12-18(21)10-14)26-5-1-2-20(26)22-24-19(13-30-22)16-3-6-25(28)7-4-16/h3-4,6-7,13-15,17-18,20-21H,1-2,5,8-12H2. The van der Waals surface area contributed by atoms with Gasteiger partial charge in [0.15, 0.2) is 12.4 Å². The monoisotopic (exact) mass is 425 g/mol. The summed E-state index contributed by atoms with van der Waals surface area (Å²) >= 11 is 1.59. The molecule has 7 rings (SSSR count). The summed E-state index contributed by atoms with van der Waals surface area (Å²) in [6.45, 7) is 0.743. The van der Waals surface area contributed by atoms with Gasteiger partial charge in [-0.25, -0.2) is 9.78 Å². The van der Waals surface area contributed by atoms with Crippen molar-refractivity contribution in [2.75, 3.05) is 6.54 Å². The highest BCUT2D eigenvalue weighted by atomic mass is 32.1. The Balaban J connectivity index is 1.17. The lowest BCUT2D eigenvalue weighted by molar-refractivity contribution is -0.605. The highest BCUT2D eigenvalue weighted by Crippen LogP contribution is 2.55. The van der Waals surface area contributed by atoms with E-state index in [1.165, 1.54) is 44.5 Å². The minimum Gasteiger partial charge on any atom is -0.619 e. The average molecular weight is 426 g/mol. The van der Waals surface area contributed by atoms with Gasteiger partial charge in [0.05, 0.1) is 11.7 Å². The lowest BCUT2D eigenvalue weighted by atomic mass is 9.55. The van der Waals surface area contributed by atoms with Crippen molar-refractivity contribution in [1.82, 2.24) is 9.88 Å². The summed E-state index contributed by atoms with van der Waals surface area (Å²) in [5.41, 5.74) is 1.78. The average Bonchev–Trinajstić information content (AvgIpc) is 3.40. The molecule has 4 saturated carbocycles. The number of carbonyl (C=O) groups excluding carboxylic acids is 1. The number of hydrogen-bond donors (Lipinski definition) is 0. The number of nitrogens with zero attached hydrogens (tertiary/aromatic N) is 3. The van der Waals surface area contributed by atoms with Crippen LogP contribution in [0.2, 0.25) is 0 Å². The molecule has 2 aromatic heterocycles. The number of ether oxygens (including phenoxy) is 1. The highest BCUT2D eigenvalue weighted by molar-refractivity contribution is 7.10. The maximum Gasteiger partial charge on any atom is 0.410 e. The fraction of sp³-hybridized carbons (Fsp3) is 0.609. The lowest BCUT2D eigenvalue weighted by Crippen LogP contribution is -2.51. The van der Waals surface area contributed by atoms with E-state index in [2.05, 4.69) is 0 Å². The molecule has 1 unspecified atom stereocenters. The smallest absolute Gasteiger partial charge is 0.410 e. The van der Waals surface area contributed by atoms with E-state index < -0.39 is 0 Å². The zero-order valence-electron chi connectivity index (χ0n) is 17.0. The van der Waals surface area contributed by atoms with Gasteiger partial charge in [0.2, 0.25) is 0 Å². The number of pyridine rings is 1. The maximum atomic E-state index is 13.2. The van der Waals surface area contributed by atoms with Crippen LogP contribution in [0.4, 0.5) is 4.79 Å². The van der Waals surface area contributed by atoms with Gasteiger partial charge in [-0.3, -0.25) is 4.90 Å². The van der Waals surface area contributed by atoms with Crippen LogP contribution in [0.5, 0.6) is 0 Å². The summed E-state index contributed by atoms with van der Waals surface area (Å²) in [6.07, 6.45) is 11.3. The molecule has 1 aliphatic heterocycles.